The number of carbonyl (C=O) groups is 1. The fourth-order valence-electron chi connectivity index (χ4n) is 7.25. The van der Waals surface area contributed by atoms with Gasteiger partial charge in [-0.25, -0.2) is 21.6 Å². The molecule has 21 heteroatoms. The van der Waals surface area contributed by atoms with Gasteiger partial charge in [0.1, 0.15) is 38.7 Å². The molecule has 1 amide bonds. The van der Waals surface area contributed by atoms with Crippen molar-refractivity contribution in [2.75, 3.05) is 34.5 Å². The number of benzene rings is 4. The standard InChI is InChI=1S/C43H52IN7O11S2/c1-41(2,3)39(62-40(45)52)43(26-60-42(4,5)61-27-43)48-63(53,54)35-22-21-34(44)36(38-46-49-51(47-38)25-30-13-19-33(59-8)20-14-30)37(35)64(55,56)50(23-28-9-15-31(57-6)16-10-28)24-29-11-17-32(58-7)18-12-29/h9-22,39,48H,23-27H2,1-8H3,(H2,45,52). The van der Waals surface area contributed by atoms with Gasteiger partial charge in [0.2, 0.25) is 25.9 Å². The first-order chi connectivity index (χ1) is 30.1. The summed E-state index contributed by atoms with van der Waals surface area (Å²) in [6.45, 7) is 7.52. The summed E-state index contributed by atoms with van der Waals surface area (Å²) in [6, 6.07) is 23.5. The summed E-state index contributed by atoms with van der Waals surface area (Å²) in [5.41, 5.74) is 4.61. The number of sulfonamides is 2. The lowest BCUT2D eigenvalue weighted by Crippen LogP contribution is -2.70. The van der Waals surface area contributed by atoms with Crippen LogP contribution in [0.3, 0.4) is 0 Å². The Balaban J connectivity index is 1.57. The van der Waals surface area contributed by atoms with E-state index in [2.05, 4.69) is 20.1 Å². The Morgan fingerprint density at radius 3 is 1.77 bits per heavy atom. The molecule has 1 aliphatic rings. The molecule has 0 saturated carbocycles. The molecule has 18 nitrogen and oxygen atoms in total. The SMILES string of the molecule is COc1ccc(CN(Cc2ccc(OC)cc2)S(=O)(=O)c2c(S(=O)(=O)NC3(C(OC(N)=O)C(C)(C)C)COC(C)(C)OC3)ccc(I)c2-c2nnn(Cc3ccc(OC)cc3)n2)cc1. The van der Waals surface area contributed by atoms with Gasteiger partial charge in [-0.15, -0.1) is 10.2 Å². The molecule has 1 aromatic heterocycles. The van der Waals surface area contributed by atoms with Crippen molar-refractivity contribution in [3.8, 4) is 28.6 Å². The number of aromatic nitrogens is 4. The number of tetrazole rings is 1. The van der Waals surface area contributed by atoms with Crippen LogP contribution in [0.4, 0.5) is 4.79 Å². The number of nitrogens with zero attached hydrogens (tertiary/aromatic N) is 5. The molecule has 3 N–H and O–H groups in total. The van der Waals surface area contributed by atoms with Gasteiger partial charge in [0.25, 0.3) is 0 Å². The Bertz CT molecular complexity index is 2600. The van der Waals surface area contributed by atoms with Crippen molar-refractivity contribution in [2.45, 2.75) is 81.5 Å². The molecule has 1 aliphatic heterocycles. The fraction of sp³-hybridized carbons (Fsp3) is 0.395. The van der Waals surface area contributed by atoms with Gasteiger partial charge >= 0.3 is 6.09 Å². The lowest BCUT2D eigenvalue weighted by Gasteiger charge is -2.50. The third-order valence-corrected chi connectivity index (χ3v) is 14.9. The minimum Gasteiger partial charge on any atom is -0.497 e. The number of methoxy groups -OCH3 is 3. The molecule has 5 aromatic rings. The van der Waals surface area contributed by atoms with E-state index in [1.54, 1.807) is 102 Å². The lowest BCUT2D eigenvalue weighted by molar-refractivity contribution is -0.284. The van der Waals surface area contributed by atoms with Crippen molar-refractivity contribution in [1.29, 1.82) is 0 Å². The number of rotatable bonds is 17. The summed E-state index contributed by atoms with van der Waals surface area (Å²) < 4.78 is 100. The normalized spacial score (nSPS) is 15.7. The maximum atomic E-state index is 15.8. The molecule has 1 unspecified atom stereocenters. The van der Waals surface area contributed by atoms with Crippen LogP contribution in [0.15, 0.2) is 94.7 Å². The van der Waals surface area contributed by atoms with Gasteiger partial charge in [-0.3, -0.25) is 0 Å². The van der Waals surface area contributed by atoms with Gasteiger partial charge in [-0.05, 0) is 107 Å². The highest BCUT2D eigenvalue weighted by molar-refractivity contribution is 14.1. The van der Waals surface area contributed by atoms with Crippen LogP contribution in [-0.4, -0.2) is 99.4 Å². The highest BCUT2D eigenvalue weighted by atomic mass is 127. The molecule has 2 heterocycles. The summed E-state index contributed by atoms with van der Waals surface area (Å²) in [5.74, 6) is 0.443. The summed E-state index contributed by atoms with van der Waals surface area (Å²) in [6.07, 6.45) is -2.45. The van der Waals surface area contributed by atoms with E-state index in [-0.39, 0.29) is 44.2 Å². The maximum Gasteiger partial charge on any atom is 0.404 e. The van der Waals surface area contributed by atoms with E-state index in [0.29, 0.717) is 31.9 Å². The molecule has 6 rings (SSSR count). The molecule has 0 aliphatic carbocycles. The third kappa shape index (κ3) is 11.1. The van der Waals surface area contributed by atoms with Gasteiger partial charge < -0.3 is 34.2 Å². The largest absolute Gasteiger partial charge is 0.497 e. The first-order valence-electron chi connectivity index (χ1n) is 19.9. The average Bonchev–Trinajstić information content (AvgIpc) is 3.71. The van der Waals surface area contributed by atoms with Gasteiger partial charge in [0, 0.05) is 22.1 Å². The number of amides is 1. The topological polar surface area (TPSA) is 226 Å². The van der Waals surface area contributed by atoms with Crippen molar-refractivity contribution < 1.29 is 50.1 Å². The molecule has 1 atom stereocenters. The zero-order chi connectivity index (χ0) is 46.7. The van der Waals surface area contributed by atoms with E-state index in [4.69, 9.17) is 34.2 Å². The smallest absolute Gasteiger partial charge is 0.404 e. The molecule has 0 radical (unpaired) electrons. The number of halogens is 1. The van der Waals surface area contributed by atoms with Gasteiger partial charge in [0.05, 0.1) is 46.7 Å². The second kappa shape index (κ2) is 19.3. The van der Waals surface area contributed by atoms with E-state index in [1.807, 2.05) is 34.7 Å². The first-order valence-corrected chi connectivity index (χ1v) is 23.9. The van der Waals surface area contributed by atoms with Crippen LogP contribution in [0.1, 0.15) is 51.3 Å². The molecule has 344 valence electrons. The summed E-state index contributed by atoms with van der Waals surface area (Å²) in [4.78, 5) is 12.4. The van der Waals surface area contributed by atoms with Gasteiger partial charge in [0.15, 0.2) is 5.79 Å². The van der Waals surface area contributed by atoms with Crippen LogP contribution >= 0.6 is 22.6 Å². The van der Waals surface area contributed by atoms with Crippen molar-refractivity contribution >= 4 is 48.7 Å². The van der Waals surface area contributed by atoms with Crippen LogP contribution in [0.25, 0.3) is 11.4 Å². The molecule has 4 aromatic carbocycles. The monoisotopic (exact) mass is 1030 g/mol. The Morgan fingerprint density at radius 1 is 0.828 bits per heavy atom. The van der Waals surface area contributed by atoms with Crippen LogP contribution in [-0.2, 0) is 53.9 Å². The van der Waals surface area contributed by atoms with Crippen molar-refractivity contribution in [2.24, 2.45) is 11.1 Å². The first kappa shape index (κ1) is 48.5. The molecular weight excluding hydrogens is 982 g/mol. The number of hydrogen-bond acceptors (Lipinski definition) is 14. The Morgan fingerprint density at radius 2 is 1.31 bits per heavy atom. The molecule has 64 heavy (non-hydrogen) atoms. The summed E-state index contributed by atoms with van der Waals surface area (Å²) >= 11 is 1.93. The zero-order valence-corrected chi connectivity index (χ0v) is 40.5. The number of nitrogens with one attached hydrogen (secondary N) is 1. The van der Waals surface area contributed by atoms with Gasteiger partial charge in [-0.2, -0.15) is 13.8 Å². The van der Waals surface area contributed by atoms with E-state index in [0.717, 1.165) is 5.56 Å². The molecule has 0 spiro atoms. The quantitative estimate of drug-likeness (QED) is 0.106. The van der Waals surface area contributed by atoms with E-state index in [1.165, 1.54) is 35.5 Å². The van der Waals surface area contributed by atoms with Crippen LogP contribution < -0.4 is 24.7 Å². The third-order valence-electron chi connectivity index (χ3n) is 10.4. The minimum atomic E-state index is -4.98. The predicted octanol–water partition coefficient (Wildman–Crippen LogP) is 5.72. The van der Waals surface area contributed by atoms with Crippen LogP contribution in [0.5, 0.6) is 17.2 Å². The molecule has 1 fully saturated rings. The average molecular weight is 1030 g/mol. The molecular formula is C43H52IN7O11S2. The van der Waals surface area contributed by atoms with Crippen molar-refractivity contribution in [1.82, 2.24) is 29.2 Å². The molecule has 0 bridgehead atoms. The highest BCUT2D eigenvalue weighted by Gasteiger charge is 2.55. The number of nitrogens with two attached hydrogens (primary N) is 1. The number of ether oxygens (including phenoxy) is 6. The second-order valence-corrected chi connectivity index (χ2v) is 21.3. The van der Waals surface area contributed by atoms with Gasteiger partial charge in [-0.1, -0.05) is 57.2 Å². The summed E-state index contributed by atoms with van der Waals surface area (Å²) in [7, 11) is -5.29. The minimum absolute atomic E-state index is 0.119. The van der Waals surface area contributed by atoms with Crippen molar-refractivity contribution in [3.63, 3.8) is 0 Å². The predicted molar refractivity (Wildman–Crippen MR) is 243 cm³/mol. The molecule has 1 saturated heterocycles. The van der Waals surface area contributed by atoms with Crippen LogP contribution in [0.2, 0.25) is 0 Å². The number of carbonyl (C=O) groups excluding carboxylic acids is 1. The van der Waals surface area contributed by atoms with E-state index in [9.17, 15) is 4.79 Å². The maximum absolute atomic E-state index is 15.8. The Kier molecular flexibility index (Phi) is 14.6. The van der Waals surface area contributed by atoms with Crippen LogP contribution in [0, 0.1) is 8.99 Å². The fourth-order valence-corrected chi connectivity index (χ4v) is 11.9. The van der Waals surface area contributed by atoms with E-state index < -0.39 is 58.8 Å². The number of hydrogen-bond donors (Lipinski definition) is 2. The lowest BCUT2D eigenvalue weighted by atomic mass is 9.77. The van der Waals surface area contributed by atoms with Crippen molar-refractivity contribution in [3.05, 3.63) is 105 Å². The second-order valence-electron chi connectivity index (χ2n) is 16.6. The highest BCUT2D eigenvalue weighted by Crippen LogP contribution is 2.41. The zero-order valence-electron chi connectivity index (χ0n) is 36.7. The Labute approximate surface area is 386 Å². The summed E-state index contributed by atoms with van der Waals surface area (Å²) in [5, 5.41) is 13.1. The number of primary amides is 1. The Hall–Kier alpha value is -4.91. The van der Waals surface area contributed by atoms with E-state index >= 15 is 16.8 Å².